The van der Waals surface area contributed by atoms with Gasteiger partial charge in [-0.25, -0.2) is 4.98 Å². The molecule has 0 radical (unpaired) electrons. The highest BCUT2D eigenvalue weighted by Gasteiger charge is 2.05. The fourth-order valence-electron chi connectivity index (χ4n) is 1.52. The van der Waals surface area contributed by atoms with Crippen LogP contribution in [0.2, 0.25) is 0 Å². The Morgan fingerprint density at radius 3 is 2.76 bits per heavy atom. The van der Waals surface area contributed by atoms with Crippen LogP contribution in [-0.2, 0) is 20.1 Å². The second-order valence-corrected chi connectivity index (χ2v) is 4.77. The molecule has 5 heteroatoms. The van der Waals surface area contributed by atoms with Gasteiger partial charge in [-0.2, -0.15) is 0 Å². The molecule has 1 N–H and O–H groups in total. The SMILES string of the molecule is Cn1c(CO)cnc1SCCc1ccncc1. The van der Waals surface area contributed by atoms with E-state index in [0.717, 1.165) is 23.0 Å². The quantitative estimate of drug-likeness (QED) is 0.819. The number of imidazole rings is 1. The van der Waals surface area contributed by atoms with Crippen LogP contribution in [0.4, 0.5) is 0 Å². The number of nitrogens with zero attached hydrogens (tertiary/aromatic N) is 3. The molecule has 4 nitrogen and oxygen atoms in total. The molecule has 17 heavy (non-hydrogen) atoms. The van der Waals surface area contributed by atoms with Gasteiger partial charge in [0, 0.05) is 25.2 Å². The molecule has 0 spiro atoms. The van der Waals surface area contributed by atoms with Crippen molar-refractivity contribution in [1.29, 1.82) is 0 Å². The molecule has 0 atom stereocenters. The summed E-state index contributed by atoms with van der Waals surface area (Å²) in [5.41, 5.74) is 2.13. The molecule has 0 amide bonds. The van der Waals surface area contributed by atoms with Gasteiger partial charge in [-0.15, -0.1) is 0 Å². The smallest absolute Gasteiger partial charge is 0.167 e. The molecule has 2 heterocycles. The lowest BCUT2D eigenvalue weighted by atomic mass is 10.2. The second kappa shape index (κ2) is 5.84. The number of thioether (sulfide) groups is 1. The fourth-order valence-corrected chi connectivity index (χ4v) is 2.47. The van der Waals surface area contributed by atoms with Crippen LogP contribution in [0.5, 0.6) is 0 Å². The van der Waals surface area contributed by atoms with Gasteiger partial charge in [0.25, 0.3) is 0 Å². The van der Waals surface area contributed by atoms with E-state index < -0.39 is 0 Å². The summed E-state index contributed by atoms with van der Waals surface area (Å²) >= 11 is 1.70. The predicted octanol–water partition coefficient (Wildman–Crippen LogP) is 1.64. The lowest BCUT2D eigenvalue weighted by Crippen LogP contribution is -1.98. The Morgan fingerprint density at radius 2 is 2.12 bits per heavy atom. The van der Waals surface area contributed by atoms with Crippen LogP contribution >= 0.6 is 11.8 Å². The Bertz CT molecular complexity index is 470. The summed E-state index contributed by atoms with van der Waals surface area (Å²) < 4.78 is 1.93. The summed E-state index contributed by atoms with van der Waals surface area (Å²) in [5, 5.41) is 10.0. The molecule has 0 saturated carbocycles. The third-order valence-electron chi connectivity index (χ3n) is 2.58. The number of aliphatic hydroxyl groups excluding tert-OH is 1. The molecule has 2 aromatic heterocycles. The van der Waals surface area contributed by atoms with E-state index in [4.69, 9.17) is 5.11 Å². The van der Waals surface area contributed by atoms with Crippen LogP contribution in [0.3, 0.4) is 0 Å². The van der Waals surface area contributed by atoms with E-state index >= 15 is 0 Å². The molecule has 0 saturated heterocycles. The number of hydrogen-bond acceptors (Lipinski definition) is 4. The lowest BCUT2D eigenvalue weighted by Gasteiger charge is -2.03. The zero-order valence-electron chi connectivity index (χ0n) is 9.71. The Morgan fingerprint density at radius 1 is 1.35 bits per heavy atom. The average molecular weight is 249 g/mol. The first-order valence-corrected chi connectivity index (χ1v) is 6.43. The summed E-state index contributed by atoms with van der Waals surface area (Å²) in [6.45, 7) is 0.0361. The van der Waals surface area contributed by atoms with Crippen molar-refractivity contribution in [2.75, 3.05) is 5.75 Å². The van der Waals surface area contributed by atoms with E-state index in [-0.39, 0.29) is 6.61 Å². The minimum absolute atomic E-state index is 0.0361. The van der Waals surface area contributed by atoms with Crippen molar-refractivity contribution in [3.8, 4) is 0 Å². The van der Waals surface area contributed by atoms with Gasteiger partial charge in [-0.1, -0.05) is 11.8 Å². The second-order valence-electron chi connectivity index (χ2n) is 3.70. The number of aromatic nitrogens is 3. The fraction of sp³-hybridized carbons (Fsp3) is 0.333. The number of aliphatic hydroxyl groups is 1. The first-order valence-electron chi connectivity index (χ1n) is 5.44. The van der Waals surface area contributed by atoms with E-state index in [2.05, 4.69) is 9.97 Å². The third-order valence-corrected chi connectivity index (χ3v) is 3.62. The van der Waals surface area contributed by atoms with Gasteiger partial charge >= 0.3 is 0 Å². The van der Waals surface area contributed by atoms with Gasteiger partial charge in [0.05, 0.1) is 18.5 Å². The molecule has 0 aliphatic rings. The van der Waals surface area contributed by atoms with E-state index in [1.165, 1.54) is 5.56 Å². The monoisotopic (exact) mass is 249 g/mol. The minimum atomic E-state index is 0.0361. The number of aryl methyl sites for hydroxylation is 1. The third kappa shape index (κ3) is 3.08. The highest BCUT2D eigenvalue weighted by molar-refractivity contribution is 7.99. The van der Waals surface area contributed by atoms with Crippen molar-refractivity contribution in [2.24, 2.45) is 7.05 Å². The lowest BCUT2D eigenvalue weighted by molar-refractivity contribution is 0.271. The molecular formula is C12H15N3OS. The van der Waals surface area contributed by atoms with Gasteiger partial charge in [0.1, 0.15) is 0 Å². The number of hydrogen-bond donors (Lipinski definition) is 1. The van der Waals surface area contributed by atoms with E-state index in [9.17, 15) is 0 Å². The van der Waals surface area contributed by atoms with Crippen molar-refractivity contribution in [3.05, 3.63) is 42.0 Å². The molecule has 2 aromatic rings. The zero-order chi connectivity index (χ0) is 12.1. The highest BCUT2D eigenvalue weighted by atomic mass is 32.2. The van der Waals surface area contributed by atoms with Crippen molar-refractivity contribution >= 4 is 11.8 Å². The number of rotatable bonds is 5. The van der Waals surface area contributed by atoms with Gasteiger partial charge in [-0.05, 0) is 24.1 Å². The van der Waals surface area contributed by atoms with Gasteiger partial charge in [0.2, 0.25) is 0 Å². The molecular weight excluding hydrogens is 234 g/mol. The van der Waals surface area contributed by atoms with Crippen LogP contribution in [0, 0.1) is 0 Å². The van der Waals surface area contributed by atoms with Crippen molar-refractivity contribution in [3.63, 3.8) is 0 Å². The maximum Gasteiger partial charge on any atom is 0.167 e. The molecule has 0 bridgehead atoms. The normalized spacial score (nSPS) is 10.7. The van der Waals surface area contributed by atoms with Gasteiger partial charge in [0.15, 0.2) is 5.16 Å². The summed E-state index contributed by atoms with van der Waals surface area (Å²) in [4.78, 5) is 8.26. The summed E-state index contributed by atoms with van der Waals surface area (Å²) in [7, 11) is 1.92. The van der Waals surface area contributed by atoms with Crippen LogP contribution < -0.4 is 0 Å². The first kappa shape index (κ1) is 12.1. The van der Waals surface area contributed by atoms with Crippen LogP contribution in [0.15, 0.2) is 35.9 Å². The Kier molecular flexibility index (Phi) is 4.17. The maximum absolute atomic E-state index is 9.06. The van der Waals surface area contributed by atoms with Crippen LogP contribution in [-0.4, -0.2) is 25.4 Å². The summed E-state index contributed by atoms with van der Waals surface area (Å²) in [6.07, 6.45) is 6.33. The summed E-state index contributed by atoms with van der Waals surface area (Å²) in [6, 6.07) is 4.05. The predicted molar refractivity (Wildman–Crippen MR) is 67.8 cm³/mol. The molecule has 0 unspecified atom stereocenters. The molecule has 90 valence electrons. The Hall–Kier alpha value is -1.33. The van der Waals surface area contributed by atoms with Gasteiger partial charge < -0.3 is 9.67 Å². The largest absolute Gasteiger partial charge is 0.390 e. The van der Waals surface area contributed by atoms with Crippen LogP contribution in [0.1, 0.15) is 11.3 Å². The van der Waals surface area contributed by atoms with E-state index in [1.54, 1.807) is 18.0 Å². The number of pyridine rings is 1. The standard InChI is InChI=1S/C12H15N3OS/c1-15-11(9-16)8-14-12(15)17-7-4-10-2-5-13-6-3-10/h2-3,5-6,8,16H,4,7,9H2,1H3. The first-order chi connectivity index (χ1) is 8.31. The topological polar surface area (TPSA) is 50.9 Å². The zero-order valence-corrected chi connectivity index (χ0v) is 10.5. The highest BCUT2D eigenvalue weighted by Crippen LogP contribution is 2.18. The van der Waals surface area contributed by atoms with E-state index in [1.807, 2.05) is 36.1 Å². The molecule has 0 aliphatic carbocycles. The average Bonchev–Trinajstić information content (AvgIpc) is 2.72. The van der Waals surface area contributed by atoms with E-state index in [0.29, 0.717) is 0 Å². The molecule has 0 aromatic carbocycles. The molecule has 2 rings (SSSR count). The maximum atomic E-state index is 9.06. The van der Waals surface area contributed by atoms with Crippen molar-refractivity contribution in [2.45, 2.75) is 18.2 Å². The summed E-state index contributed by atoms with van der Waals surface area (Å²) in [5.74, 6) is 0.972. The van der Waals surface area contributed by atoms with Gasteiger partial charge in [-0.3, -0.25) is 4.98 Å². The van der Waals surface area contributed by atoms with Crippen LogP contribution in [0.25, 0.3) is 0 Å². The van der Waals surface area contributed by atoms with Crippen molar-refractivity contribution < 1.29 is 5.11 Å². The Labute approximate surface area is 105 Å². The minimum Gasteiger partial charge on any atom is -0.390 e. The van der Waals surface area contributed by atoms with Crippen molar-refractivity contribution in [1.82, 2.24) is 14.5 Å². The molecule has 0 fully saturated rings. The Balaban J connectivity index is 1.88. The molecule has 0 aliphatic heterocycles.